The van der Waals surface area contributed by atoms with E-state index in [0.29, 0.717) is 29.9 Å². The molecule has 0 aliphatic rings. The summed E-state index contributed by atoms with van der Waals surface area (Å²) >= 11 is 0. The fourth-order valence-corrected chi connectivity index (χ4v) is 2.11. The predicted molar refractivity (Wildman–Crippen MR) is 81.4 cm³/mol. The van der Waals surface area contributed by atoms with Crippen LogP contribution in [-0.2, 0) is 6.54 Å². The third-order valence-electron chi connectivity index (χ3n) is 3.19. The molecule has 4 rings (SSSR count). The van der Waals surface area contributed by atoms with Crippen LogP contribution in [-0.4, -0.2) is 40.7 Å². The van der Waals surface area contributed by atoms with E-state index in [0.717, 1.165) is 6.54 Å². The molecule has 0 atom stereocenters. The molecule has 0 saturated heterocycles. The van der Waals surface area contributed by atoms with Gasteiger partial charge in [-0.1, -0.05) is 0 Å². The van der Waals surface area contributed by atoms with Crippen LogP contribution in [0.1, 0.15) is 0 Å². The molecule has 0 fully saturated rings. The largest absolute Gasteiger partial charge is 0.461 e. The Kier molecular flexibility index (Phi) is 3.11. The molecule has 23 heavy (non-hydrogen) atoms. The molecular formula is C13H13N9O. The first-order valence-corrected chi connectivity index (χ1v) is 6.93. The Morgan fingerprint density at radius 1 is 1.26 bits per heavy atom. The van der Waals surface area contributed by atoms with E-state index < -0.39 is 0 Å². The molecule has 10 heteroatoms. The van der Waals surface area contributed by atoms with E-state index in [4.69, 9.17) is 10.2 Å². The maximum Gasteiger partial charge on any atom is 0.259 e. The van der Waals surface area contributed by atoms with Crippen LogP contribution < -0.4 is 11.1 Å². The fourth-order valence-electron chi connectivity index (χ4n) is 2.11. The van der Waals surface area contributed by atoms with Gasteiger partial charge in [0.25, 0.3) is 5.78 Å². The molecule has 3 N–H and O–H groups in total. The van der Waals surface area contributed by atoms with Gasteiger partial charge in [0.1, 0.15) is 0 Å². The van der Waals surface area contributed by atoms with Gasteiger partial charge in [0.2, 0.25) is 17.7 Å². The number of imidazole rings is 1. The monoisotopic (exact) mass is 311 g/mol. The molecule has 0 aliphatic carbocycles. The fraction of sp³-hybridized carbons (Fsp3) is 0.154. The van der Waals surface area contributed by atoms with Crippen molar-refractivity contribution in [2.75, 3.05) is 17.6 Å². The Bertz CT molecular complexity index is 911. The average Bonchev–Trinajstić information content (AvgIpc) is 3.28. The molecule has 0 saturated carbocycles. The highest BCUT2D eigenvalue weighted by Gasteiger charge is 2.13. The number of aromatic nitrogens is 7. The van der Waals surface area contributed by atoms with E-state index in [-0.39, 0.29) is 5.95 Å². The van der Waals surface area contributed by atoms with E-state index in [1.54, 1.807) is 30.9 Å². The molecule has 4 aromatic heterocycles. The number of anilines is 2. The molecule has 116 valence electrons. The van der Waals surface area contributed by atoms with Crippen molar-refractivity contribution >= 4 is 17.7 Å². The van der Waals surface area contributed by atoms with E-state index in [2.05, 4.69) is 30.4 Å². The summed E-state index contributed by atoms with van der Waals surface area (Å²) in [5.74, 6) is 1.91. The van der Waals surface area contributed by atoms with Crippen molar-refractivity contribution in [1.82, 2.24) is 34.1 Å². The minimum atomic E-state index is 0.199. The van der Waals surface area contributed by atoms with Gasteiger partial charge < -0.3 is 20.0 Å². The van der Waals surface area contributed by atoms with Crippen LogP contribution in [0.5, 0.6) is 0 Å². The summed E-state index contributed by atoms with van der Waals surface area (Å²) < 4.78 is 8.59. The second kappa shape index (κ2) is 5.40. The quantitative estimate of drug-likeness (QED) is 0.551. The summed E-state index contributed by atoms with van der Waals surface area (Å²) in [5.41, 5.74) is 5.91. The first kappa shape index (κ1) is 13.2. The average molecular weight is 311 g/mol. The number of fused-ring (bicyclic) bond motifs is 1. The molecule has 0 spiro atoms. The lowest BCUT2D eigenvalue weighted by atomic mass is 10.4. The third-order valence-corrected chi connectivity index (χ3v) is 3.19. The Hall–Kier alpha value is -3.43. The number of nitrogens with two attached hydrogens (primary N) is 1. The second-order valence-corrected chi connectivity index (χ2v) is 4.76. The van der Waals surface area contributed by atoms with Crippen LogP contribution in [0, 0.1) is 0 Å². The lowest BCUT2D eigenvalue weighted by molar-refractivity contribution is 0.577. The summed E-state index contributed by atoms with van der Waals surface area (Å²) in [6.45, 7) is 1.37. The van der Waals surface area contributed by atoms with Gasteiger partial charge in [0.05, 0.1) is 12.6 Å². The van der Waals surface area contributed by atoms with E-state index >= 15 is 0 Å². The Morgan fingerprint density at radius 2 is 2.22 bits per heavy atom. The number of hydrogen-bond acceptors (Lipinski definition) is 8. The summed E-state index contributed by atoms with van der Waals surface area (Å²) in [6.07, 6.45) is 6.91. The lowest BCUT2D eigenvalue weighted by Gasteiger charge is -2.06. The highest BCUT2D eigenvalue weighted by molar-refractivity contribution is 5.52. The number of furan rings is 1. The topological polar surface area (TPSA) is 125 Å². The summed E-state index contributed by atoms with van der Waals surface area (Å²) in [6, 6.07) is 3.53. The van der Waals surface area contributed by atoms with Gasteiger partial charge >= 0.3 is 0 Å². The van der Waals surface area contributed by atoms with Crippen molar-refractivity contribution < 1.29 is 4.42 Å². The van der Waals surface area contributed by atoms with Gasteiger partial charge in [-0.15, -0.1) is 5.10 Å². The molecule has 0 unspecified atom stereocenters. The number of rotatable bonds is 5. The summed E-state index contributed by atoms with van der Waals surface area (Å²) in [4.78, 5) is 16.8. The Labute approximate surface area is 130 Å². The Balaban J connectivity index is 1.56. The first-order valence-electron chi connectivity index (χ1n) is 6.93. The predicted octanol–water partition coefficient (Wildman–Crippen LogP) is 0.670. The van der Waals surface area contributed by atoms with Crippen molar-refractivity contribution in [3.05, 3.63) is 37.1 Å². The normalized spacial score (nSPS) is 11.1. The van der Waals surface area contributed by atoms with Gasteiger partial charge in [-0.05, 0) is 12.1 Å². The molecule has 4 aromatic rings. The molecule has 0 radical (unpaired) electrons. The van der Waals surface area contributed by atoms with Crippen LogP contribution in [0.4, 0.5) is 11.9 Å². The van der Waals surface area contributed by atoms with Gasteiger partial charge in [0, 0.05) is 25.5 Å². The number of nitrogens with one attached hydrogen (secondary N) is 1. The maximum atomic E-state index is 5.91. The third kappa shape index (κ3) is 2.57. The molecule has 0 bridgehead atoms. The van der Waals surface area contributed by atoms with Crippen molar-refractivity contribution in [3.8, 4) is 11.6 Å². The van der Waals surface area contributed by atoms with E-state index in [9.17, 15) is 0 Å². The van der Waals surface area contributed by atoms with Crippen molar-refractivity contribution in [1.29, 1.82) is 0 Å². The molecule has 4 heterocycles. The van der Waals surface area contributed by atoms with E-state index in [1.165, 1.54) is 4.52 Å². The first-order chi connectivity index (χ1) is 11.3. The smallest absolute Gasteiger partial charge is 0.259 e. The van der Waals surface area contributed by atoms with Gasteiger partial charge in [-0.3, -0.25) is 0 Å². The van der Waals surface area contributed by atoms with Crippen LogP contribution >= 0.6 is 0 Å². The SMILES string of the molecule is Nc1nc(NCCn2ccnc2)nc2nc(-c3ccco3)nn12. The molecule has 0 aromatic carbocycles. The highest BCUT2D eigenvalue weighted by atomic mass is 16.3. The van der Waals surface area contributed by atoms with Crippen LogP contribution in [0.15, 0.2) is 41.5 Å². The zero-order valence-corrected chi connectivity index (χ0v) is 12.0. The summed E-state index contributed by atoms with van der Waals surface area (Å²) in [7, 11) is 0. The van der Waals surface area contributed by atoms with Crippen LogP contribution in [0.25, 0.3) is 17.4 Å². The summed E-state index contributed by atoms with van der Waals surface area (Å²) in [5, 5.41) is 7.34. The highest BCUT2D eigenvalue weighted by Crippen LogP contribution is 2.17. The number of nitrogens with zero attached hydrogens (tertiary/aromatic N) is 7. The zero-order valence-electron chi connectivity index (χ0n) is 12.0. The molecule has 0 amide bonds. The molecule has 0 aliphatic heterocycles. The Morgan fingerprint density at radius 3 is 3.00 bits per heavy atom. The molecular weight excluding hydrogens is 298 g/mol. The zero-order chi connectivity index (χ0) is 15.6. The van der Waals surface area contributed by atoms with Crippen molar-refractivity contribution in [2.45, 2.75) is 6.54 Å². The standard InChI is InChI=1S/C13H13N9O/c14-11-18-12(16-4-6-21-5-3-15-8-21)19-13-17-10(20-22(11)13)9-2-1-7-23-9/h1-3,5,7-8H,4,6H2,(H3,14,16,17,18,19,20). The number of nitrogen functional groups attached to an aromatic ring is 1. The molecule has 10 nitrogen and oxygen atoms in total. The minimum absolute atomic E-state index is 0.199. The minimum Gasteiger partial charge on any atom is -0.461 e. The maximum absolute atomic E-state index is 5.91. The van der Waals surface area contributed by atoms with Crippen molar-refractivity contribution in [2.24, 2.45) is 0 Å². The lowest BCUT2D eigenvalue weighted by Crippen LogP contribution is -2.14. The van der Waals surface area contributed by atoms with Crippen molar-refractivity contribution in [3.63, 3.8) is 0 Å². The number of hydrogen-bond donors (Lipinski definition) is 2. The second-order valence-electron chi connectivity index (χ2n) is 4.76. The van der Waals surface area contributed by atoms with Gasteiger partial charge in [0.15, 0.2) is 5.76 Å². The van der Waals surface area contributed by atoms with E-state index in [1.807, 2.05) is 10.8 Å². The van der Waals surface area contributed by atoms with Crippen LogP contribution in [0.3, 0.4) is 0 Å². The van der Waals surface area contributed by atoms with Crippen LogP contribution in [0.2, 0.25) is 0 Å². The van der Waals surface area contributed by atoms with Gasteiger partial charge in [-0.2, -0.15) is 19.5 Å². The van der Waals surface area contributed by atoms with Gasteiger partial charge in [-0.25, -0.2) is 4.98 Å².